The average molecular weight is 382 g/mol. The molecule has 2 aromatic carbocycles. The minimum Gasteiger partial charge on any atom is -0.481 e. The largest absolute Gasteiger partial charge is 0.481 e. The van der Waals surface area contributed by atoms with Crippen molar-refractivity contribution in [1.29, 1.82) is 0 Å². The van der Waals surface area contributed by atoms with Gasteiger partial charge in [-0.25, -0.2) is 18.2 Å². The molecule has 4 rings (SSSR count). The maximum Gasteiger partial charge on any atom is 0.212 e. The third-order valence-corrected chi connectivity index (χ3v) is 4.86. The van der Waals surface area contributed by atoms with Gasteiger partial charge in [-0.1, -0.05) is 18.2 Å². The number of hydrogen-bond donors (Lipinski definition) is 0. The van der Waals surface area contributed by atoms with Gasteiger partial charge in [0.1, 0.15) is 17.5 Å². The van der Waals surface area contributed by atoms with E-state index < -0.39 is 23.5 Å². The molecule has 2 heterocycles. The molecular weight excluding hydrogens is 365 g/mol. The van der Waals surface area contributed by atoms with Crippen molar-refractivity contribution >= 4 is 5.71 Å². The number of hydrogen-bond acceptors (Lipinski definition) is 3. The maximum absolute atomic E-state index is 14.8. The molecule has 1 atom stereocenters. The molecule has 0 spiro atoms. The van der Waals surface area contributed by atoms with Crippen molar-refractivity contribution in [1.82, 2.24) is 4.98 Å². The number of rotatable bonds is 4. The summed E-state index contributed by atoms with van der Waals surface area (Å²) in [6.45, 7) is 0. The monoisotopic (exact) mass is 382 g/mol. The Morgan fingerprint density at radius 3 is 2.32 bits per heavy atom. The first-order valence-corrected chi connectivity index (χ1v) is 8.87. The van der Waals surface area contributed by atoms with Gasteiger partial charge < -0.3 is 4.74 Å². The van der Waals surface area contributed by atoms with Crippen LogP contribution in [0, 0.1) is 17.5 Å². The molecule has 1 aromatic heterocycles. The normalized spacial score (nSPS) is 16.1. The Balaban J connectivity index is 1.62. The maximum atomic E-state index is 14.8. The topological polar surface area (TPSA) is 34.5 Å². The summed E-state index contributed by atoms with van der Waals surface area (Å²) in [7, 11) is 1.53. The van der Waals surface area contributed by atoms with Crippen molar-refractivity contribution in [2.75, 3.05) is 7.11 Å². The van der Waals surface area contributed by atoms with Crippen LogP contribution in [0.3, 0.4) is 0 Å². The summed E-state index contributed by atoms with van der Waals surface area (Å²) < 4.78 is 47.8. The lowest BCUT2D eigenvalue weighted by molar-refractivity contribution is 0.398. The number of nitrogens with zero attached hydrogens (tertiary/aromatic N) is 2. The van der Waals surface area contributed by atoms with Gasteiger partial charge in [0.05, 0.1) is 18.7 Å². The highest BCUT2D eigenvalue weighted by molar-refractivity contribution is 6.02. The molecule has 0 saturated heterocycles. The summed E-state index contributed by atoms with van der Waals surface area (Å²) >= 11 is 0. The molecule has 142 valence electrons. The van der Waals surface area contributed by atoms with Crippen molar-refractivity contribution in [2.24, 2.45) is 4.99 Å². The predicted molar refractivity (Wildman–Crippen MR) is 101 cm³/mol. The van der Waals surface area contributed by atoms with Crippen LogP contribution >= 0.6 is 0 Å². The average Bonchev–Trinajstić information content (AvgIpc) is 3.17. The van der Waals surface area contributed by atoms with E-state index >= 15 is 0 Å². The molecule has 0 fully saturated rings. The lowest BCUT2D eigenvalue weighted by Gasteiger charge is -2.10. The lowest BCUT2D eigenvalue weighted by Crippen LogP contribution is -2.03. The Kier molecular flexibility index (Phi) is 4.86. The smallest absolute Gasteiger partial charge is 0.212 e. The molecule has 0 aliphatic carbocycles. The zero-order valence-corrected chi connectivity index (χ0v) is 15.1. The molecule has 28 heavy (non-hydrogen) atoms. The first kappa shape index (κ1) is 18.2. The zero-order valence-electron chi connectivity index (χ0n) is 15.1. The van der Waals surface area contributed by atoms with Crippen LogP contribution in [0.2, 0.25) is 0 Å². The van der Waals surface area contributed by atoms with E-state index in [1.807, 2.05) is 0 Å². The second-order valence-electron chi connectivity index (χ2n) is 6.55. The van der Waals surface area contributed by atoms with E-state index in [-0.39, 0.29) is 5.56 Å². The minimum absolute atomic E-state index is 0.119. The summed E-state index contributed by atoms with van der Waals surface area (Å²) in [5.74, 6) is -1.23. The summed E-state index contributed by atoms with van der Waals surface area (Å²) in [5.41, 5.74) is 2.07. The number of methoxy groups -OCH3 is 1. The molecule has 1 aliphatic rings. The Bertz CT molecular complexity index is 1030. The van der Waals surface area contributed by atoms with Gasteiger partial charge in [-0.15, -0.1) is 0 Å². The first-order valence-electron chi connectivity index (χ1n) is 8.87. The molecular formula is C22H17F3N2O. The van der Waals surface area contributed by atoms with Gasteiger partial charge in [-0.2, -0.15) is 0 Å². The van der Waals surface area contributed by atoms with Gasteiger partial charge in [0.25, 0.3) is 0 Å². The Morgan fingerprint density at radius 1 is 0.929 bits per heavy atom. The number of pyridine rings is 1. The second-order valence-corrected chi connectivity index (χ2v) is 6.55. The molecule has 0 saturated carbocycles. The number of benzene rings is 2. The first-order chi connectivity index (χ1) is 13.6. The van der Waals surface area contributed by atoms with Crippen LogP contribution in [0.1, 0.15) is 30.0 Å². The predicted octanol–water partition coefficient (Wildman–Crippen LogP) is 5.50. The zero-order chi connectivity index (χ0) is 19.7. The molecule has 1 aliphatic heterocycles. The fraction of sp³-hybridized carbons (Fsp3) is 0.182. The number of ether oxygens (including phenoxy) is 1. The van der Waals surface area contributed by atoms with Crippen LogP contribution < -0.4 is 4.74 Å². The van der Waals surface area contributed by atoms with Crippen LogP contribution in [0.5, 0.6) is 5.88 Å². The molecule has 0 unspecified atom stereocenters. The van der Waals surface area contributed by atoms with Crippen molar-refractivity contribution in [3.05, 3.63) is 83.3 Å². The van der Waals surface area contributed by atoms with Gasteiger partial charge in [-0.05, 0) is 42.7 Å². The number of halogens is 3. The van der Waals surface area contributed by atoms with Gasteiger partial charge in [0, 0.05) is 29.1 Å². The molecule has 3 nitrogen and oxygen atoms in total. The van der Waals surface area contributed by atoms with E-state index in [1.54, 1.807) is 30.5 Å². The summed E-state index contributed by atoms with van der Waals surface area (Å²) in [5, 5.41) is 0. The van der Waals surface area contributed by atoms with Crippen LogP contribution in [-0.4, -0.2) is 17.8 Å². The molecule has 3 aromatic rings. The molecule has 0 amide bonds. The van der Waals surface area contributed by atoms with E-state index in [0.717, 1.165) is 5.56 Å². The van der Waals surface area contributed by atoms with E-state index in [0.29, 0.717) is 35.6 Å². The minimum atomic E-state index is -0.651. The Hall–Kier alpha value is -3.15. The third kappa shape index (κ3) is 3.38. The quantitative estimate of drug-likeness (QED) is 0.597. The van der Waals surface area contributed by atoms with Crippen molar-refractivity contribution in [2.45, 2.75) is 18.9 Å². The summed E-state index contributed by atoms with van der Waals surface area (Å²) in [6, 6.07) is 11.6. The third-order valence-electron chi connectivity index (χ3n) is 4.86. The van der Waals surface area contributed by atoms with Gasteiger partial charge in [0.15, 0.2) is 0 Å². The molecule has 6 heteroatoms. The van der Waals surface area contributed by atoms with Gasteiger partial charge in [-0.3, -0.25) is 4.99 Å². The fourth-order valence-electron chi connectivity index (χ4n) is 3.43. The molecule has 0 N–H and O–H groups in total. The lowest BCUT2D eigenvalue weighted by atomic mass is 9.99. The Labute approximate surface area is 160 Å². The highest BCUT2D eigenvalue weighted by Crippen LogP contribution is 2.35. The Morgan fingerprint density at radius 2 is 1.68 bits per heavy atom. The van der Waals surface area contributed by atoms with Crippen LogP contribution in [0.25, 0.3) is 11.1 Å². The van der Waals surface area contributed by atoms with Crippen molar-refractivity contribution < 1.29 is 17.9 Å². The SMILES string of the molecule is COc1ccc(-c2ccc([C@H]3CCC(c4c(F)cccc4F)=N3)c(F)c2)cn1. The van der Waals surface area contributed by atoms with Gasteiger partial charge in [0.2, 0.25) is 5.88 Å². The second kappa shape index (κ2) is 7.46. The van der Waals surface area contributed by atoms with E-state index in [2.05, 4.69) is 9.98 Å². The van der Waals surface area contributed by atoms with E-state index in [4.69, 9.17) is 4.74 Å². The number of aromatic nitrogens is 1. The summed E-state index contributed by atoms with van der Waals surface area (Å²) in [4.78, 5) is 8.53. The van der Waals surface area contributed by atoms with Crippen LogP contribution in [-0.2, 0) is 0 Å². The van der Waals surface area contributed by atoms with Crippen LogP contribution in [0.15, 0.2) is 59.7 Å². The van der Waals surface area contributed by atoms with Crippen molar-refractivity contribution in [3.8, 4) is 17.0 Å². The number of aliphatic imine (C=N–C) groups is 1. The summed E-state index contributed by atoms with van der Waals surface area (Å²) in [6.07, 6.45) is 2.51. The van der Waals surface area contributed by atoms with Gasteiger partial charge >= 0.3 is 0 Å². The van der Waals surface area contributed by atoms with Crippen LogP contribution in [0.4, 0.5) is 13.2 Å². The van der Waals surface area contributed by atoms with Crippen molar-refractivity contribution in [3.63, 3.8) is 0 Å². The highest BCUT2D eigenvalue weighted by Gasteiger charge is 2.26. The fourth-order valence-corrected chi connectivity index (χ4v) is 3.43. The van der Waals surface area contributed by atoms with E-state index in [1.165, 1.54) is 31.4 Å². The van der Waals surface area contributed by atoms with E-state index in [9.17, 15) is 13.2 Å². The molecule has 0 radical (unpaired) electrons. The highest BCUT2D eigenvalue weighted by atomic mass is 19.1. The molecule has 0 bridgehead atoms. The standard InChI is InChI=1S/C22H17F3N2O/c1-28-21-10-6-14(12-26-21)13-5-7-15(18(25)11-13)19-8-9-20(27-19)22-16(23)3-2-4-17(22)24/h2-7,10-12,19H,8-9H2,1H3/t19-/m1/s1.